The van der Waals surface area contributed by atoms with Gasteiger partial charge in [-0.3, -0.25) is 4.55 Å². The second-order valence-corrected chi connectivity index (χ2v) is 5.76. The molecule has 1 heterocycles. The molecular weight excluding hydrogens is 190 g/mol. The van der Waals surface area contributed by atoms with Crippen molar-refractivity contribution in [3.05, 3.63) is 0 Å². The van der Waals surface area contributed by atoms with E-state index in [1.807, 2.05) is 0 Å². The first kappa shape index (κ1) is 9.43. The van der Waals surface area contributed by atoms with E-state index in [-0.39, 0.29) is 0 Å². The van der Waals surface area contributed by atoms with Crippen molar-refractivity contribution in [1.82, 2.24) is 5.32 Å². The smallest absolute Gasteiger partial charge is 0.267 e. The van der Waals surface area contributed by atoms with Crippen LogP contribution in [0.25, 0.3) is 0 Å². The van der Waals surface area contributed by atoms with Gasteiger partial charge in [-0.25, -0.2) is 0 Å². The normalized spacial score (nSPS) is 40.2. The largest absolute Gasteiger partial charge is 0.314 e. The molecule has 1 saturated heterocycles. The standard InChI is InChI=1S/C8H15NO3S/c10-13(11,12)7-2-1-6-3-4-9-8(6)5-7/h6-9H,1-5H2,(H,10,11,12)/t6-,7-,8+/m1/s1. The summed E-state index contributed by atoms with van der Waals surface area (Å²) in [7, 11) is -3.80. The fraction of sp³-hybridized carbons (Fsp3) is 1.00. The second kappa shape index (κ2) is 3.22. The second-order valence-electron chi connectivity index (χ2n) is 4.06. The van der Waals surface area contributed by atoms with Crippen molar-refractivity contribution >= 4 is 10.1 Å². The van der Waals surface area contributed by atoms with Crippen LogP contribution in [0.5, 0.6) is 0 Å². The van der Waals surface area contributed by atoms with Gasteiger partial charge in [-0.15, -0.1) is 0 Å². The third-order valence-corrected chi connectivity index (χ3v) is 4.56. The molecule has 5 heteroatoms. The van der Waals surface area contributed by atoms with Crippen molar-refractivity contribution in [2.75, 3.05) is 6.54 Å². The van der Waals surface area contributed by atoms with Gasteiger partial charge in [0.25, 0.3) is 10.1 Å². The van der Waals surface area contributed by atoms with Gasteiger partial charge in [-0.05, 0) is 38.1 Å². The Bertz CT molecular complexity index is 288. The number of hydrogen-bond acceptors (Lipinski definition) is 3. The molecule has 2 fully saturated rings. The summed E-state index contributed by atoms with van der Waals surface area (Å²) in [6.45, 7) is 0.994. The van der Waals surface area contributed by atoms with E-state index in [0.29, 0.717) is 24.8 Å². The monoisotopic (exact) mass is 205 g/mol. The molecule has 4 nitrogen and oxygen atoms in total. The van der Waals surface area contributed by atoms with E-state index < -0.39 is 15.4 Å². The highest BCUT2D eigenvalue weighted by atomic mass is 32.2. The first-order valence-corrected chi connectivity index (χ1v) is 6.27. The average molecular weight is 205 g/mol. The molecule has 0 aromatic rings. The van der Waals surface area contributed by atoms with Crippen LogP contribution in [-0.2, 0) is 10.1 Å². The third-order valence-electron chi connectivity index (χ3n) is 3.29. The van der Waals surface area contributed by atoms with E-state index in [1.54, 1.807) is 0 Å². The highest BCUT2D eigenvalue weighted by molar-refractivity contribution is 7.86. The van der Waals surface area contributed by atoms with Crippen molar-refractivity contribution in [1.29, 1.82) is 0 Å². The van der Waals surface area contributed by atoms with Crippen LogP contribution in [0.3, 0.4) is 0 Å². The Balaban J connectivity index is 2.05. The summed E-state index contributed by atoms with van der Waals surface area (Å²) >= 11 is 0. The fourth-order valence-corrected chi connectivity index (χ4v) is 3.40. The lowest BCUT2D eigenvalue weighted by atomic mass is 9.85. The SMILES string of the molecule is O=S(=O)(O)[C@@H]1CC[C@@H]2CCN[C@H]2C1. The Morgan fingerprint density at radius 1 is 1.23 bits per heavy atom. The zero-order chi connectivity index (χ0) is 9.47. The van der Waals surface area contributed by atoms with Gasteiger partial charge in [0.15, 0.2) is 0 Å². The van der Waals surface area contributed by atoms with Crippen LogP contribution in [0.1, 0.15) is 25.7 Å². The van der Waals surface area contributed by atoms with E-state index in [0.717, 1.165) is 19.4 Å². The van der Waals surface area contributed by atoms with E-state index in [9.17, 15) is 8.42 Å². The quantitative estimate of drug-likeness (QED) is 0.608. The zero-order valence-electron chi connectivity index (χ0n) is 7.44. The van der Waals surface area contributed by atoms with Crippen LogP contribution >= 0.6 is 0 Å². The van der Waals surface area contributed by atoms with Gasteiger partial charge in [-0.1, -0.05) is 0 Å². The molecule has 13 heavy (non-hydrogen) atoms. The summed E-state index contributed by atoms with van der Waals surface area (Å²) < 4.78 is 30.7. The molecule has 3 atom stereocenters. The first-order chi connectivity index (χ1) is 6.07. The summed E-state index contributed by atoms with van der Waals surface area (Å²) in [5.41, 5.74) is 0. The third kappa shape index (κ3) is 1.87. The maximum absolute atomic E-state index is 10.9. The van der Waals surface area contributed by atoms with E-state index in [2.05, 4.69) is 5.32 Å². The van der Waals surface area contributed by atoms with Crippen molar-refractivity contribution in [2.45, 2.75) is 37.0 Å². The Kier molecular flexibility index (Phi) is 2.33. The molecule has 0 aromatic carbocycles. The van der Waals surface area contributed by atoms with Crippen LogP contribution < -0.4 is 5.32 Å². The molecule has 1 saturated carbocycles. The maximum Gasteiger partial charge on any atom is 0.267 e. The van der Waals surface area contributed by atoms with Crippen molar-refractivity contribution in [2.24, 2.45) is 5.92 Å². The molecular formula is C8H15NO3S. The molecule has 76 valence electrons. The zero-order valence-corrected chi connectivity index (χ0v) is 8.26. The lowest BCUT2D eigenvalue weighted by Gasteiger charge is -2.29. The van der Waals surface area contributed by atoms with Gasteiger partial charge in [0.1, 0.15) is 0 Å². The van der Waals surface area contributed by atoms with E-state index in [1.165, 1.54) is 0 Å². The van der Waals surface area contributed by atoms with Crippen molar-refractivity contribution < 1.29 is 13.0 Å². The van der Waals surface area contributed by atoms with Gasteiger partial charge in [0.05, 0.1) is 5.25 Å². The average Bonchev–Trinajstić information content (AvgIpc) is 2.47. The lowest BCUT2D eigenvalue weighted by Crippen LogP contribution is -2.38. The van der Waals surface area contributed by atoms with Gasteiger partial charge in [0, 0.05) is 6.04 Å². The molecule has 0 unspecified atom stereocenters. The summed E-state index contributed by atoms with van der Waals surface area (Å²) in [5.74, 6) is 0.637. The lowest BCUT2D eigenvalue weighted by molar-refractivity contribution is 0.315. The molecule has 0 amide bonds. The predicted octanol–water partition coefficient (Wildman–Crippen LogP) is 0.405. The number of nitrogens with one attached hydrogen (secondary N) is 1. The van der Waals surface area contributed by atoms with Gasteiger partial charge in [-0.2, -0.15) is 8.42 Å². The molecule has 1 aliphatic heterocycles. The summed E-state index contributed by atoms with van der Waals surface area (Å²) in [6, 6.07) is 0.320. The Morgan fingerprint density at radius 2 is 2.00 bits per heavy atom. The van der Waals surface area contributed by atoms with Crippen molar-refractivity contribution in [3.8, 4) is 0 Å². The highest BCUT2D eigenvalue weighted by Crippen LogP contribution is 2.33. The van der Waals surface area contributed by atoms with E-state index in [4.69, 9.17) is 4.55 Å². The maximum atomic E-state index is 10.9. The summed E-state index contributed by atoms with van der Waals surface area (Å²) in [6.07, 6.45) is 3.30. The van der Waals surface area contributed by atoms with Gasteiger partial charge in [0.2, 0.25) is 0 Å². The Labute approximate surface area is 78.5 Å². The number of hydrogen-bond donors (Lipinski definition) is 2. The first-order valence-electron chi connectivity index (χ1n) is 4.77. The van der Waals surface area contributed by atoms with Gasteiger partial charge >= 0.3 is 0 Å². The van der Waals surface area contributed by atoms with Crippen LogP contribution in [-0.4, -0.2) is 30.8 Å². The molecule has 0 radical (unpaired) electrons. The molecule has 0 aromatic heterocycles. The molecule has 0 spiro atoms. The van der Waals surface area contributed by atoms with E-state index >= 15 is 0 Å². The Hall–Kier alpha value is -0.130. The summed E-state index contributed by atoms with van der Waals surface area (Å²) in [5, 5.41) is 2.76. The number of fused-ring (bicyclic) bond motifs is 1. The number of rotatable bonds is 1. The topological polar surface area (TPSA) is 66.4 Å². The van der Waals surface area contributed by atoms with Crippen LogP contribution in [0.2, 0.25) is 0 Å². The summed E-state index contributed by atoms with van der Waals surface area (Å²) in [4.78, 5) is 0. The van der Waals surface area contributed by atoms with Crippen molar-refractivity contribution in [3.63, 3.8) is 0 Å². The minimum atomic E-state index is -3.80. The van der Waals surface area contributed by atoms with Crippen LogP contribution in [0.4, 0.5) is 0 Å². The fourth-order valence-electron chi connectivity index (χ4n) is 2.51. The molecule has 0 bridgehead atoms. The molecule has 2 aliphatic rings. The minimum Gasteiger partial charge on any atom is -0.314 e. The Morgan fingerprint density at radius 3 is 2.69 bits per heavy atom. The molecule has 2 N–H and O–H groups in total. The predicted molar refractivity (Wildman–Crippen MR) is 49.1 cm³/mol. The van der Waals surface area contributed by atoms with Crippen LogP contribution in [0, 0.1) is 5.92 Å². The minimum absolute atomic E-state index is 0.320. The highest BCUT2D eigenvalue weighted by Gasteiger charge is 2.38. The van der Waals surface area contributed by atoms with Gasteiger partial charge < -0.3 is 5.32 Å². The molecule has 2 rings (SSSR count). The van der Waals surface area contributed by atoms with Crippen LogP contribution in [0.15, 0.2) is 0 Å². The molecule has 1 aliphatic carbocycles.